The first kappa shape index (κ1) is 15.4. The van der Waals surface area contributed by atoms with Crippen LogP contribution >= 0.6 is 0 Å². The van der Waals surface area contributed by atoms with Crippen LogP contribution in [0.5, 0.6) is 0 Å². The van der Waals surface area contributed by atoms with Crippen LogP contribution < -0.4 is 24.8 Å². The first-order valence-electron chi connectivity index (χ1n) is 3.43. The number of hydrogen-bond donors (Lipinski definition) is 0. The Balaban J connectivity index is 0. The van der Waals surface area contributed by atoms with E-state index in [0.717, 1.165) is 13.0 Å². The Morgan fingerprint density at radius 1 is 1.50 bits per heavy atom. The number of halogens is 2. The van der Waals surface area contributed by atoms with E-state index >= 15 is 0 Å². The monoisotopic (exact) mass is 283 g/mol. The van der Waals surface area contributed by atoms with Gasteiger partial charge in [-0.15, -0.1) is 0 Å². The van der Waals surface area contributed by atoms with Gasteiger partial charge in [-0.3, -0.25) is 0 Å². The maximum absolute atomic E-state index is 4.99. The third kappa shape index (κ3) is 4.81. The minimum atomic E-state index is 0. The Labute approximate surface area is 101 Å². The molecule has 0 radical (unpaired) electrons. The van der Waals surface area contributed by atoms with Gasteiger partial charge < -0.3 is 24.8 Å². The summed E-state index contributed by atoms with van der Waals surface area (Å²) in [5, 5.41) is 0. The summed E-state index contributed by atoms with van der Waals surface area (Å²) >= 11 is 1.56. The summed E-state index contributed by atoms with van der Waals surface area (Å²) in [6, 6.07) is 0. The van der Waals surface area contributed by atoms with E-state index in [9.17, 15) is 0 Å². The maximum atomic E-state index is 4.99. The van der Waals surface area contributed by atoms with E-state index in [0.29, 0.717) is 0 Å². The van der Waals surface area contributed by atoms with Crippen molar-refractivity contribution in [2.45, 2.75) is 12.8 Å². The standard InChI is InChI=1S/C8H11O.2ClH.Zr/c1-9-7-6-8-4-2-3-5-8;;;/h2,4H,3,6-7H2,1H3;2*1H;/q;;;+2/p-2. The van der Waals surface area contributed by atoms with Gasteiger partial charge in [0.2, 0.25) is 0 Å². The average molecular weight is 285 g/mol. The molecule has 0 atom stereocenters. The zero-order valence-corrected chi connectivity index (χ0v) is 10.9. The molecule has 1 aliphatic carbocycles. The first-order chi connectivity index (χ1) is 4.84. The van der Waals surface area contributed by atoms with Gasteiger partial charge in [0.25, 0.3) is 0 Å². The van der Waals surface area contributed by atoms with E-state index in [4.69, 9.17) is 4.74 Å². The molecule has 0 amide bonds. The first-order valence-corrected chi connectivity index (χ1v) is 4.66. The Morgan fingerprint density at radius 2 is 2.17 bits per heavy atom. The third-order valence-electron chi connectivity index (χ3n) is 1.60. The van der Waals surface area contributed by atoms with Crippen molar-refractivity contribution in [3.8, 4) is 0 Å². The van der Waals surface area contributed by atoms with Crippen molar-refractivity contribution >= 4 is 0 Å². The Bertz CT molecular complexity index is 178. The zero-order valence-electron chi connectivity index (χ0n) is 6.94. The van der Waals surface area contributed by atoms with Gasteiger partial charge in [-0.2, -0.15) is 0 Å². The fraction of sp³-hybridized carbons (Fsp3) is 0.500. The van der Waals surface area contributed by atoms with Crippen LogP contribution in [-0.2, 0) is 29.5 Å². The smallest absolute Gasteiger partial charge is 1.00 e. The third-order valence-corrected chi connectivity index (χ3v) is 2.90. The molecule has 0 saturated carbocycles. The number of hydrogen-bond acceptors (Lipinski definition) is 1. The van der Waals surface area contributed by atoms with Gasteiger partial charge in [-0.25, -0.2) is 0 Å². The van der Waals surface area contributed by atoms with Crippen molar-refractivity contribution in [2.75, 3.05) is 13.7 Å². The van der Waals surface area contributed by atoms with E-state index in [1.165, 1.54) is 12.0 Å². The van der Waals surface area contributed by atoms with Gasteiger partial charge >= 0.3 is 77.0 Å². The van der Waals surface area contributed by atoms with E-state index in [-0.39, 0.29) is 24.8 Å². The summed E-state index contributed by atoms with van der Waals surface area (Å²) in [5.41, 5.74) is 1.50. The summed E-state index contributed by atoms with van der Waals surface area (Å²) in [7, 11) is 1.75. The van der Waals surface area contributed by atoms with Crippen LogP contribution in [0.15, 0.2) is 21.0 Å². The van der Waals surface area contributed by atoms with Crippen molar-refractivity contribution < 1.29 is 54.3 Å². The van der Waals surface area contributed by atoms with Crippen LogP contribution in [0.1, 0.15) is 12.8 Å². The van der Waals surface area contributed by atoms with Crippen LogP contribution in [0.25, 0.3) is 0 Å². The fourth-order valence-electron chi connectivity index (χ4n) is 0.997. The van der Waals surface area contributed by atoms with Crippen molar-refractivity contribution in [2.24, 2.45) is 0 Å². The molecule has 0 aromatic heterocycles. The van der Waals surface area contributed by atoms with Crippen LogP contribution in [0.3, 0.4) is 0 Å². The minimum Gasteiger partial charge on any atom is -1.00 e. The van der Waals surface area contributed by atoms with Crippen LogP contribution in [0.4, 0.5) is 0 Å². The SMILES string of the molecule is COCCC1=[C]([Zr+2])CC=C1.[Cl-].[Cl-]. The predicted octanol–water partition coefficient (Wildman–Crippen LogP) is -4.21. The molecule has 1 nitrogen and oxygen atoms in total. The molecule has 0 fully saturated rings. The Kier molecular flexibility index (Phi) is 10.9. The molecule has 1 aliphatic rings. The molecule has 0 aromatic rings. The molecule has 0 heterocycles. The number of allylic oxidation sites excluding steroid dienone is 3. The summed E-state index contributed by atoms with van der Waals surface area (Å²) < 4.78 is 6.58. The van der Waals surface area contributed by atoms with Crippen molar-refractivity contribution in [1.82, 2.24) is 0 Å². The predicted molar refractivity (Wildman–Crippen MR) is 37.3 cm³/mol. The molecule has 0 saturated heterocycles. The van der Waals surface area contributed by atoms with Gasteiger partial charge in [-0.05, 0) is 0 Å². The van der Waals surface area contributed by atoms with E-state index < -0.39 is 0 Å². The van der Waals surface area contributed by atoms with Crippen molar-refractivity contribution in [3.05, 3.63) is 21.0 Å². The van der Waals surface area contributed by atoms with E-state index in [2.05, 4.69) is 12.2 Å². The summed E-state index contributed by atoms with van der Waals surface area (Å²) in [4.78, 5) is 0. The van der Waals surface area contributed by atoms with Crippen molar-refractivity contribution in [3.63, 3.8) is 0 Å². The summed E-state index contributed by atoms with van der Waals surface area (Å²) in [5.74, 6) is 0. The number of rotatable bonds is 3. The molecule has 12 heavy (non-hydrogen) atoms. The summed E-state index contributed by atoms with van der Waals surface area (Å²) in [6.07, 6.45) is 6.73. The molecule has 0 aromatic carbocycles. The molecule has 0 spiro atoms. The van der Waals surface area contributed by atoms with Crippen LogP contribution in [0.2, 0.25) is 0 Å². The second-order valence-corrected chi connectivity index (χ2v) is 3.84. The largest absolute Gasteiger partial charge is 1.00 e. The van der Waals surface area contributed by atoms with E-state index in [1.807, 2.05) is 0 Å². The van der Waals surface area contributed by atoms with Crippen LogP contribution in [-0.4, -0.2) is 13.7 Å². The molecule has 4 heteroatoms. The molecule has 0 aliphatic heterocycles. The average Bonchev–Trinajstić information content (AvgIpc) is 2.31. The molecule has 0 N–H and O–H groups in total. The number of methoxy groups -OCH3 is 1. The second kappa shape index (κ2) is 8.50. The number of ether oxygens (including phenoxy) is 1. The van der Waals surface area contributed by atoms with Gasteiger partial charge in [0, 0.05) is 0 Å². The Hall–Kier alpha value is 0.903. The van der Waals surface area contributed by atoms with Gasteiger partial charge in [0.15, 0.2) is 0 Å². The molecule has 1 rings (SSSR count). The van der Waals surface area contributed by atoms with Gasteiger partial charge in [0.1, 0.15) is 0 Å². The quantitative estimate of drug-likeness (QED) is 0.511. The molecule has 0 unspecified atom stereocenters. The molecule has 0 bridgehead atoms. The normalized spacial score (nSPS) is 14.2. The molecular formula is C8H11Cl2OZr. The fourth-order valence-corrected chi connectivity index (χ4v) is 1.80. The van der Waals surface area contributed by atoms with Crippen molar-refractivity contribution in [1.29, 1.82) is 0 Å². The van der Waals surface area contributed by atoms with Gasteiger partial charge in [0.05, 0.1) is 0 Å². The molecule has 67 valence electrons. The molecular weight excluding hydrogens is 274 g/mol. The van der Waals surface area contributed by atoms with Gasteiger partial charge in [-0.1, -0.05) is 0 Å². The summed E-state index contributed by atoms with van der Waals surface area (Å²) in [6.45, 7) is 0.859. The zero-order chi connectivity index (χ0) is 7.40. The second-order valence-electron chi connectivity index (χ2n) is 2.35. The minimum absolute atomic E-state index is 0. The topological polar surface area (TPSA) is 9.23 Å². The van der Waals surface area contributed by atoms with E-state index in [1.54, 1.807) is 35.1 Å². The maximum Gasteiger partial charge on any atom is -1.00 e. The Morgan fingerprint density at radius 3 is 2.58 bits per heavy atom. The van der Waals surface area contributed by atoms with Crippen LogP contribution in [0, 0.1) is 0 Å².